The first-order chi connectivity index (χ1) is 12.1. The summed E-state index contributed by atoms with van der Waals surface area (Å²) in [5, 5.41) is 5.94. The fraction of sp³-hybridized carbons (Fsp3) is 0.316. The van der Waals surface area contributed by atoms with Crippen LogP contribution in [0, 0.1) is 13.8 Å². The van der Waals surface area contributed by atoms with E-state index in [4.69, 9.17) is 0 Å². The fourth-order valence-corrected chi connectivity index (χ4v) is 3.42. The molecule has 0 aliphatic rings. The first-order valence-electron chi connectivity index (χ1n) is 8.28. The lowest BCUT2D eigenvalue weighted by Crippen LogP contribution is -2.32. The van der Waals surface area contributed by atoms with Crippen LogP contribution in [0.2, 0.25) is 0 Å². The molecule has 0 heterocycles. The van der Waals surface area contributed by atoms with E-state index in [0.717, 1.165) is 21.1 Å². The summed E-state index contributed by atoms with van der Waals surface area (Å²) in [7, 11) is -0.610. The molecule has 0 fully saturated rings. The van der Waals surface area contributed by atoms with E-state index in [2.05, 4.69) is 10.6 Å². The highest BCUT2D eigenvalue weighted by atomic mass is 32.2. The van der Waals surface area contributed by atoms with Crippen molar-refractivity contribution < 1.29 is 13.2 Å². The Balaban J connectivity index is 2.12. The van der Waals surface area contributed by atoms with E-state index >= 15 is 0 Å². The first kappa shape index (κ1) is 19.9. The van der Waals surface area contributed by atoms with Crippen LogP contribution in [0.4, 0.5) is 11.4 Å². The number of carbonyl (C=O) groups excluding carboxylic acids is 1. The van der Waals surface area contributed by atoms with Gasteiger partial charge in [0.25, 0.3) is 0 Å². The molecule has 2 rings (SSSR count). The van der Waals surface area contributed by atoms with Gasteiger partial charge in [-0.05, 0) is 50.6 Å². The molecule has 0 aliphatic heterocycles. The van der Waals surface area contributed by atoms with Gasteiger partial charge < -0.3 is 10.6 Å². The van der Waals surface area contributed by atoms with E-state index in [1.165, 1.54) is 26.2 Å². The summed E-state index contributed by atoms with van der Waals surface area (Å²) < 4.78 is 25.6. The van der Waals surface area contributed by atoms with Crippen LogP contribution in [0.5, 0.6) is 0 Å². The minimum Gasteiger partial charge on any atom is -0.374 e. The molecule has 6 nitrogen and oxygen atoms in total. The van der Waals surface area contributed by atoms with Crippen molar-refractivity contribution in [3.8, 4) is 0 Å². The van der Waals surface area contributed by atoms with Gasteiger partial charge in [-0.1, -0.05) is 23.8 Å². The van der Waals surface area contributed by atoms with Crippen molar-refractivity contribution in [2.75, 3.05) is 24.7 Å². The van der Waals surface area contributed by atoms with E-state index in [9.17, 15) is 13.2 Å². The Hall–Kier alpha value is -2.38. The number of benzene rings is 2. The molecule has 140 valence electrons. The van der Waals surface area contributed by atoms with Crippen molar-refractivity contribution in [3.63, 3.8) is 0 Å². The zero-order valence-corrected chi connectivity index (χ0v) is 16.5. The Morgan fingerprint density at radius 3 is 2.38 bits per heavy atom. The Labute approximate surface area is 155 Å². The lowest BCUT2D eigenvalue weighted by atomic mass is 10.1. The van der Waals surface area contributed by atoms with Gasteiger partial charge in [-0.15, -0.1) is 0 Å². The van der Waals surface area contributed by atoms with Crippen molar-refractivity contribution in [1.82, 2.24) is 4.31 Å². The molecule has 1 atom stereocenters. The molecule has 2 N–H and O–H groups in total. The molecule has 26 heavy (non-hydrogen) atoms. The Kier molecular flexibility index (Phi) is 6.05. The molecule has 0 aromatic heterocycles. The standard InChI is InChI=1S/C19H25N3O3S/c1-13-9-10-18(14(2)11-13)20-15(3)19(23)21-16-7-6-8-17(12-16)26(24,25)22(4)5/h6-12,15,20H,1-5H3,(H,21,23)/t15-/m1/s1. The zero-order chi connectivity index (χ0) is 19.5. The van der Waals surface area contributed by atoms with Crippen molar-refractivity contribution in [2.24, 2.45) is 0 Å². The van der Waals surface area contributed by atoms with Crippen molar-refractivity contribution >= 4 is 27.3 Å². The Morgan fingerprint density at radius 1 is 1.08 bits per heavy atom. The normalized spacial score (nSPS) is 12.7. The van der Waals surface area contributed by atoms with Crippen molar-refractivity contribution in [1.29, 1.82) is 0 Å². The molecule has 0 saturated carbocycles. The smallest absolute Gasteiger partial charge is 0.246 e. The van der Waals surface area contributed by atoms with Gasteiger partial charge in [-0.2, -0.15) is 0 Å². The number of amides is 1. The van der Waals surface area contributed by atoms with E-state index in [0.29, 0.717) is 5.69 Å². The lowest BCUT2D eigenvalue weighted by Gasteiger charge is -2.18. The molecule has 1 amide bonds. The summed E-state index contributed by atoms with van der Waals surface area (Å²) in [6.07, 6.45) is 0. The van der Waals surface area contributed by atoms with Gasteiger partial charge in [0, 0.05) is 25.5 Å². The summed E-state index contributed by atoms with van der Waals surface area (Å²) in [5.74, 6) is -0.246. The van der Waals surface area contributed by atoms with E-state index < -0.39 is 16.1 Å². The molecule has 0 radical (unpaired) electrons. The summed E-state index contributed by atoms with van der Waals surface area (Å²) in [4.78, 5) is 12.6. The van der Waals surface area contributed by atoms with E-state index in [1.807, 2.05) is 32.0 Å². The molecule has 0 unspecified atom stereocenters. The number of aryl methyl sites for hydroxylation is 2. The average molecular weight is 375 g/mol. The lowest BCUT2D eigenvalue weighted by molar-refractivity contribution is -0.116. The van der Waals surface area contributed by atoms with Crippen LogP contribution in [-0.4, -0.2) is 38.8 Å². The highest BCUT2D eigenvalue weighted by molar-refractivity contribution is 7.89. The van der Waals surface area contributed by atoms with Gasteiger partial charge in [0.2, 0.25) is 15.9 Å². The Bertz CT molecular complexity index is 908. The zero-order valence-electron chi connectivity index (χ0n) is 15.7. The predicted octanol–water partition coefficient (Wildman–Crippen LogP) is 2.99. The van der Waals surface area contributed by atoms with Crippen LogP contribution in [0.1, 0.15) is 18.1 Å². The topological polar surface area (TPSA) is 78.5 Å². The quantitative estimate of drug-likeness (QED) is 0.814. The van der Waals surface area contributed by atoms with Crippen LogP contribution in [-0.2, 0) is 14.8 Å². The third kappa shape index (κ3) is 4.62. The highest BCUT2D eigenvalue weighted by Gasteiger charge is 2.19. The third-order valence-electron chi connectivity index (χ3n) is 4.03. The molecule has 0 aliphatic carbocycles. The molecule has 2 aromatic carbocycles. The maximum absolute atomic E-state index is 12.5. The average Bonchev–Trinajstić information content (AvgIpc) is 2.57. The van der Waals surface area contributed by atoms with Crippen LogP contribution in [0.25, 0.3) is 0 Å². The van der Waals surface area contributed by atoms with Gasteiger partial charge in [0.05, 0.1) is 4.90 Å². The Morgan fingerprint density at radius 2 is 1.77 bits per heavy atom. The molecule has 2 aromatic rings. The number of rotatable bonds is 6. The van der Waals surface area contributed by atoms with Crippen LogP contribution >= 0.6 is 0 Å². The number of anilines is 2. The number of nitrogens with one attached hydrogen (secondary N) is 2. The summed E-state index contributed by atoms with van der Waals surface area (Å²) in [5.41, 5.74) is 3.54. The molecule has 7 heteroatoms. The third-order valence-corrected chi connectivity index (χ3v) is 5.84. The van der Waals surface area contributed by atoms with Crippen LogP contribution in [0.3, 0.4) is 0 Å². The van der Waals surface area contributed by atoms with Gasteiger partial charge >= 0.3 is 0 Å². The predicted molar refractivity (Wildman–Crippen MR) is 105 cm³/mol. The maximum Gasteiger partial charge on any atom is 0.246 e. The SMILES string of the molecule is Cc1ccc(N[C@H](C)C(=O)Nc2cccc(S(=O)(=O)N(C)C)c2)c(C)c1. The fourth-order valence-electron chi connectivity index (χ4n) is 2.47. The summed E-state index contributed by atoms with van der Waals surface area (Å²) >= 11 is 0. The van der Waals surface area contributed by atoms with Gasteiger partial charge in [-0.3, -0.25) is 4.79 Å². The monoisotopic (exact) mass is 375 g/mol. The minimum absolute atomic E-state index is 0.135. The largest absolute Gasteiger partial charge is 0.374 e. The van der Waals surface area contributed by atoms with Gasteiger partial charge in [0.15, 0.2) is 0 Å². The van der Waals surface area contributed by atoms with Gasteiger partial charge in [0.1, 0.15) is 6.04 Å². The second-order valence-electron chi connectivity index (χ2n) is 6.49. The number of carbonyl (C=O) groups is 1. The molecule has 0 bridgehead atoms. The minimum atomic E-state index is -3.55. The number of sulfonamides is 1. The van der Waals surface area contributed by atoms with Crippen LogP contribution in [0.15, 0.2) is 47.4 Å². The summed E-state index contributed by atoms with van der Waals surface area (Å²) in [6.45, 7) is 5.76. The van der Waals surface area contributed by atoms with Crippen LogP contribution < -0.4 is 10.6 Å². The second-order valence-corrected chi connectivity index (χ2v) is 8.64. The molecule has 0 spiro atoms. The first-order valence-corrected chi connectivity index (χ1v) is 9.72. The van der Waals surface area contributed by atoms with Crippen molar-refractivity contribution in [2.45, 2.75) is 31.7 Å². The van der Waals surface area contributed by atoms with Crippen molar-refractivity contribution in [3.05, 3.63) is 53.6 Å². The second kappa shape index (κ2) is 7.88. The van der Waals surface area contributed by atoms with Gasteiger partial charge in [-0.25, -0.2) is 12.7 Å². The molecule has 0 saturated heterocycles. The molecular weight excluding hydrogens is 350 g/mol. The number of nitrogens with zero attached hydrogens (tertiary/aromatic N) is 1. The highest BCUT2D eigenvalue weighted by Crippen LogP contribution is 2.20. The molecular formula is C19H25N3O3S. The van der Waals surface area contributed by atoms with E-state index in [-0.39, 0.29) is 10.8 Å². The van der Waals surface area contributed by atoms with E-state index in [1.54, 1.807) is 19.1 Å². The maximum atomic E-state index is 12.5. The number of hydrogen-bond acceptors (Lipinski definition) is 4. The number of hydrogen-bond donors (Lipinski definition) is 2. The summed E-state index contributed by atoms with van der Waals surface area (Å²) in [6, 6.07) is 11.7.